The van der Waals surface area contributed by atoms with E-state index in [4.69, 9.17) is 4.74 Å². The number of amides is 1. The number of pyridine rings is 1. The van der Waals surface area contributed by atoms with Crippen molar-refractivity contribution in [1.82, 2.24) is 14.8 Å². The Morgan fingerprint density at radius 2 is 2.04 bits per heavy atom. The van der Waals surface area contributed by atoms with E-state index in [1.54, 1.807) is 4.90 Å². The number of aryl methyl sites for hydroxylation is 1. The summed E-state index contributed by atoms with van der Waals surface area (Å²) in [6, 6.07) is 7.17. The highest BCUT2D eigenvalue weighted by Gasteiger charge is 2.32. The zero-order valence-corrected chi connectivity index (χ0v) is 16.9. The average Bonchev–Trinajstić information content (AvgIpc) is 2.63. The molecule has 1 aliphatic rings. The van der Waals surface area contributed by atoms with Gasteiger partial charge in [-0.15, -0.1) is 0 Å². The second-order valence-electron chi connectivity index (χ2n) is 8.38. The number of nitrogens with zero attached hydrogens (tertiary/aromatic N) is 2. The highest BCUT2D eigenvalue weighted by Crippen LogP contribution is 2.17. The van der Waals surface area contributed by atoms with Crippen LogP contribution in [0.1, 0.15) is 32.8 Å². The predicted molar refractivity (Wildman–Crippen MR) is 108 cm³/mol. The molecule has 1 fully saturated rings. The first-order valence-electron chi connectivity index (χ1n) is 9.62. The van der Waals surface area contributed by atoms with Gasteiger partial charge in [0, 0.05) is 43.8 Å². The number of rotatable bonds is 3. The molecular weight excluding hydrogens is 358 g/mol. The Hall–Kier alpha value is -2.38. The molecule has 3 rings (SSSR count). The number of ether oxygens (including phenoxy) is 1. The van der Waals surface area contributed by atoms with Crippen LogP contribution in [0.2, 0.25) is 0 Å². The van der Waals surface area contributed by atoms with E-state index in [2.05, 4.69) is 5.32 Å². The Kier molecular flexibility index (Phi) is 5.76. The number of nitrogens with one attached hydrogen (secondary N) is 1. The van der Waals surface area contributed by atoms with Gasteiger partial charge in [-0.3, -0.25) is 4.79 Å². The molecule has 1 aromatic heterocycles. The second kappa shape index (κ2) is 7.93. The zero-order chi connectivity index (χ0) is 20.5. The molecule has 28 heavy (non-hydrogen) atoms. The highest BCUT2D eigenvalue weighted by molar-refractivity contribution is 5.79. The molecule has 2 aromatic rings. The van der Waals surface area contributed by atoms with E-state index in [1.165, 1.54) is 0 Å². The Bertz CT molecular complexity index is 916. The minimum absolute atomic E-state index is 0.0181. The van der Waals surface area contributed by atoms with E-state index < -0.39 is 11.7 Å². The number of benzene rings is 1. The number of piperidine rings is 1. The average molecular weight is 387 g/mol. The number of aromatic nitrogens is 1. The van der Waals surface area contributed by atoms with Crippen molar-refractivity contribution >= 4 is 17.0 Å². The third-order valence-electron chi connectivity index (χ3n) is 4.95. The molecule has 152 valence electrons. The number of likely N-dealkylation sites (tertiary alicyclic amines) is 1. The van der Waals surface area contributed by atoms with Gasteiger partial charge >= 0.3 is 6.09 Å². The van der Waals surface area contributed by atoms with Crippen LogP contribution in [0.5, 0.6) is 0 Å². The molecular formula is C21H29N3O4. The molecule has 0 saturated carbocycles. The summed E-state index contributed by atoms with van der Waals surface area (Å²) >= 11 is 0. The quantitative estimate of drug-likeness (QED) is 0.842. The van der Waals surface area contributed by atoms with Gasteiger partial charge in [-0.2, -0.15) is 0 Å². The summed E-state index contributed by atoms with van der Waals surface area (Å²) < 4.78 is 7.36. The largest absolute Gasteiger partial charge is 0.444 e. The van der Waals surface area contributed by atoms with Crippen LogP contribution in [0, 0.1) is 0 Å². The van der Waals surface area contributed by atoms with E-state index in [0.29, 0.717) is 37.0 Å². The van der Waals surface area contributed by atoms with Gasteiger partial charge in [-0.1, -0.05) is 12.1 Å². The predicted octanol–water partition coefficient (Wildman–Crippen LogP) is 2.00. The lowest BCUT2D eigenvalue weighted by Gasteiger charge is -2.37. The van der Waals surface area contributed by atoms with E-state index in [0.717, 1.165) is 5.52 Å². The maximum atomic E-state index is 12.8. The van der Waals surface area contributed by atoms with Gasteiger partial charge in [0.1, 0.15) is 5.60 Å². The molecule has 0 unspecified atom stereocenters. The topological polar surface area (TPSA) is 83.8 Å². The number of carbonyl (C=O) groups excluding carboxylic acids is 1. The summed E-state index contributed by atoms with van der Waals surface area (Å²) in [5.41, 5.74) is 0.927. The second-order valence-corrected chi connectivity index (χ2v) is 8.38. The van der Waals surface area contributed by atoms with Crippen LogP contribution in [0.3, 0.4) is 0 Å². The van der Waals surface area contributed by atoms with Gasteiger partial charge in [0.25, 0.3) is 0 Å². The Morgan fingerprint density at radius 1 is 1.32 bits per heavy atom. The molecule has 7 nitrogen and oxygen atoms in total. The smallest absolute Gasteiger partial charge is 0.410 e. The summed E-state index contributed by atoms with van der Waals surface area (Å²) in [6.45, 7) is 6.59. The fourth-order valence-corrected chi connectivity index (χ4v) is 3.51. The number of aliphatic hydroxyl groups excluding tert-OH is 1. The van der Waals surface area contributed by atoms with Crippen LogP contribution >= 0.6 is 0 Å². The number of hydrogen-bond acceptors (Lipinski definition) is 5. The monoisotopic (exact) mass is 387 g/mol. The summed E-state index contributed by atoms with van der Waals surface area (Å²) in [6.07, 6.45) is 1.32. The Morgan fingerprint density at radius 3 is 2.75 bits per heavy atom. The van der Waals surface area contributed by atoms with Crippen molar-refractivity contribution < 1.29 is 14.6 Å². The van der Waals surface area contributed by atoms with Crippen LogP contribution in [-0.2, 0) is 18.3 Å². The van der Waals surface area contributed by atoms with Crippen molar-refractivity contribution in [3.63, 3.8) is 0 Å². The van der Waals surface area contributed by atoms with E-state index in [-0.39, 0.29) is 17.6 Å². The van der Waals surface area contributed by atoms with E-state index in [1.807, 2.05) is 62.8 Å². The molecule has 1 amide bonds. The number of carbonyl (C=O) groups is 1. The van der Waals surface area contributed by atoms with Crippen LogP contribution in [0.15, 0.2) is 35.3 Å². The van der Waals surface area contributed by atoms with Crippen LogP contribution in [0.25, 0.3) is 10.9 Å². The maximum absolute atomic E-state index is 12.8. The maximum Gasteiger partial charge on any atom is 0.410 e. The number of aliphatic hydroxyl groups is 1. The fraction of sp³-hybridized carbons (Fsp3) is 0.524. The zero-order valence-electron chi connectivity index (χ0n) is 16.9. The van der Waals surface area contributed by atoms with Crippen molar-refractivity contribution in [1.29, 1.82) is 0 Å². The lowest BCUT2D eigenvalue weighted by atomic mass is 10.0. The third kappa shape index (κ3) is 4.54. The molecule has 1 aliphatic heterocycles. The fourth-order valence-electron chi connectivity index (χ4n) is 3.51. The number of hydrogen-bond donors (Lipinski definition) is 2. The normalized spacial score (nSPS) is 20.4. The molecule has 0 radical (unpaired) electrons. The lowest BCUT2D eigenvalue weighted by molar-refractivity contribution is 0.000161. The lowest BCUT2D eigenvalue weighted by Crippen LogP contribution is -2.55. The number of para-hydroxylation sites is 1. The summed E-state index contributed by atoms with van der Waals surface area (Å²) in [4.78, 5) is 26.7. The van der Waals surface area contributed by atoms with Gasteiger partial charge < -0.3 is 24.6 Å². The van der Waals surface area contributed by atoms with Crippen molar-refractivity contribution in [2.75, 3.05) is 13.1 Å². The standard InChI is InChI=1S/C21H29N3O4/c1-21(2,3)28-20(27)24-10-9-18(25)16(13-24)22-11-14-12-23(4)17-8-6-5-7-15(17)19(14)26/h5-8,12,16,18,22,25H,9-11,13H2,1-4H3/t16-,18-/m1/s1. The number of fused-ring (bicyclic) bond motifs is 1. The minimum atomic E-state index is -0.581. The Balaban J connectivity index is 1.71. The van der Waals surface area contributed by atoms with Crippen LogP contribution in [-0.4, -0.2) is 51.5 Å². The molecule has 2 N–H and O–H groups in total. The van der Waals surface area contributed by atoms with Crippen molar-refractivity contribution in [3.8, 4) is 0 Å². The van der Waals surface area contributed by atoms with E-state index >= 15 is 0 Å². The van der Waals surface area contributed by atoms with Crippen molar-refractivity contribution in [2.45, 2.75) is 51.5 Å². The summed E-state index contributed by atoms with van der Waals surface area (Å²) in [5, 5.41) is 14.3. The highest BCUT2D eigenvalue weighted by atomic mass is 16.6. The first-order chi connectivity index (χ1) is 13.2. The molecule has 2 atom stereocenters. The van der Waals surface area contributed by atoms with Crippen molar-refractivity contribution in [2.24, 2.45) is 7.05 Å². The molecule has 7 heteroatoms. The van der Waals surface area contributed by atoms with Gasteiger partial charge in [0.15, 0.2) is 5.43 Å². The Labute approximate surface area is 164 Å². The molecule has 1 saturated heterocycles. The van der Waals surface area contributed by atoms with Crippen molar-refractivity contribution in [3.05, 3.63) is 46.2 Å². The van der Waals surface area contributed by atoms with Crippen LogP contribution < -0.4 is 10.7 Å². The van der Waals surface area contributed by atoms with Gasteiger partial charge in [-0.05, 0) is 39.3 Å². The first kappa shape index (κ1) is 20.4. The van der Waals surface area contributed by atoms with Gasteiger partial charge in [0.2, 0.25) is 0 Å². The summed E-state index contributed by atoms with van der Waals surface area (Å²) in [5.74, 6) is 0. The SMILES string of the molecule is Cn1cc(CN[C@@H]2CN(C(=O)OC(C)(C)C)CC[C@H]2O)c(=O)c2ccccc21. The molecule has 1 aromatic carbocycles. The van der Waals surface area contributed by atoms with Gasteiger partial charge in [0.05, 0.1) is 17.7 Å². The molecule has 2 heterocycles. The minimum Gasteiger partial charge on any atom is -0.444 e. The van der Waals surface area contributed by atoms with E-state index in [9.17, 15) is 14.7 Å². The van der Waals surface area contributed by atoms with Crippen LogP contribution in [0.4, 0.5) is 4.79 Å². The van der Waals surface area contributed by atoms with Gasteiger partial charge in [-0.25, -0.2) is 4.79 Å². The third-order valence-corrected chi connectivity index (χ3v) is 4.95. The molecule has 0 aliphatic carbocycles. The molecule has 0 bridgehead atoms. The first-order valence-corrected chi connectivity index (χ1v) is 9.62. The molecule has 0 spiro atoms. The summed E-state index contributed by atoms with van der Waals surface area (Å²) in [7, 11) is 1.91.